The highest BCUT2D eigenvalue weighted by atomic mass is 15.1. The minimum Gasteiger partial charge on any atom is -0.309 e. The van der Waals surface area contributed by atoms with E-state index < -0.39 is 0 Å². The second-order valence-electron chi connectivity index (χ2n) is 14.1. The van der Waals surface area contributed by atoms with Gasteiger partial charge in [-0.05, 0) is 107 Å². The fourth-order valence-electron chi connectivity index (χ4n) is 8.62. The van der Waals surface area contributed by atoms with Crippen LogP contribution in [-0.4, -0.2) is 0 Å². The molecule has 0 aliphatic heterocycles. The number of benzene rings is 9. The van der Waals surface area contributed by atoms with Gasteiger partial charge in [-0.1, -0.05) is 153 Å². The predicted octanol–water partition coefficient (Wildman–Crippen LogP) is 13.7. The molecule has 0 unspecified atom stereocenters. The molecule has 9 aromatic carbocycles. The van der Waals surface area contributed by atoms with Gasteiger partial charge in [-0.3, -0.25) is 0 Å². The molecule has 1 nitrogen and oxygen atoms in total. The molecule has 10 rings (SSSR count). The van der Waals surface area contributed by atoms with Gasteiger partial charge in [0, 0.05) is 16.7 Å². The van der Waals surface area contributed by atoms with E-state index in [1.165, 1.54) is 87.8 Å². The van der Waals surface area contributed by atoms with Crippen molar-refractivity contribution in [3.05, 3.63) is 187 Å². The van der Waals surface area contributed by atoms with Gasteiger partial charge >= 0.3 is 0 Å². The lowest BCUT2D eigenvalue weighted by Crippen LogP contribution is -2.21. The van der Waals surface area contributed by atoms with E-state index >= 15 is 0 Å². The summed E-state index contributed by atoms with van der Waals surface area (Å²) < 4.78 is 0. The molecule has 1 heteroatoms. The first-order chi connectivity index (χ1) is 24.6. The van der Waals surface area contributed by atoms with Gasteiger partial charge in [-0.25, -0.2) is 0 Å². The van der Waals surface area contributed by atoms with Crippen LogP contribution >= 0.6 is 0 Å². The molecule has 0 heterocycles. The van der Waals surface area contributed by atoms with Gasteiger partial charge in [0.05, 0.1) is 11.4 Å². The van der Waals surface area contributed by atoms with E-state index in [4.69, 9.17) is 0 Å². The molecular weight excluding hydrogens is 603 g/mol. The predicted molar refractivity (Wildman–Crippen MR) is 214 cm³/mol. The van der Waals surface area contributed by atoms with E-state index in [0.717, 1.165) is 5.69 Å². The van der Waals surface area contributed by atoms with Crippen LogP contribution in [0.25, 0.3) is 65.3 Å². The van der Waals surface area contributed by atoms with Gasteiger partial charge < -0.3 is 4.90 Å². The molecule has 0 spiro atoms. The molecule has 0 saturated heterocycles. The minimum atomic E-state index is -0.225. The first-order valence-corrected chi connectivity index (χ1v) is 17.5. The highest BCUT2D eigenvalue weighted by Crippen LogP contribution is 2.56. The van der Waals surface area contributed by atoms with Crippen molar-refractivity contribution in [3.63, 3.8) is 0 Å². The van der Waals surface area contributed by atoms with Crippen molar-refractivity contribution in [2.24, 2.45) is 0 Å². The average Bonchev–Trinajstić information content (AvgIpc) is 3.39. The summed E-state index contributed by atoms with van der Waals surface area (Å²) >= 11 is 0. The van der Waals surface area contributed by atoms with Crippen LogP contribution in [0.1, 0.15) is 25.0 Å². The van der Waals surface area contributed by atoms with Crippen LogP contribution in [0.15, 0.2) is 176 Å². The summed E-state index contributed by atoms with van der Waals surface area (Å²) in [5.74, 6) is 0. The largest absolute Gasteiger partial charge is 0.309 e. The van der Waals surface area contributed by atoms with Crippen LogP contribution in [0.5, 0.6) is 0 Å². The normalized spacial score (nSPS) is 13.2. The molecule has 1 aliphatic carbocycles. The number of hydrogen-bond donors (Lipinski definition) is 0. The highest BCUT2D eigenvalue weighted by Gasteiger charge is 2.39. The Balaban J connectivity index is 1.32. The van der Waals surface area contributed by atoms with Crippen molar-refractivity contribution >= 4 is 60.2 Å². The quantitative estimate of drug-likeness (QED) is 0.186. The Bertz CT molecular complexity index is 2800. The number of anilines is 3. The van der Waals surface area contributed by atoms with Crippen molar-refractivity contribution in [1.82, 2.24) is 0 Å². The van der Waals surface area contributed by atoms with E-state index in [1.54, 1.807) is 0 Å². The maximum Gasteiger partial charge on any atom is 0.0546 e. The molecule has 0 saturated carbocycles. The fourth-order valence-corrected chi connectivity index (χ4v) is 8.62. The van der Waals surface area contributed by atoms with Crippen molar-refractivity contribution in [2.45, 2.75) is 19.3 Å². The van der Waals surface area contributed by atoms with E-state index in [2.05, 4.69) is 195 Å². The Hall–Kier alpha value is -6.18. The van der Waals surface area contributed by atoms with E-state index in [1.807, 2.05) is 0 Å². The fraction of sp³-hybridized carbons (Fsp3) is 0.0612. The van der Waals surface area contributed by atoms with Gasteiger partial charge in [0.2, 0.25) is 0 Å². The van der Waals surface area contributed by atoms with Crippen LogP contribution in [0.4, 0.5) is 17.1 Å². The Kier molecular flexibility index (Phi) is 6.29. The first kappa shape index (κ1) is 28.8. The SMILES string of the molecule is CC1(C)c2cc3ccccc3cc2-c2cccc(N(c3ccc4ccccc4c3)c3ccc4ccccc4c3-c3cccc4ccccc34)c21. The molecule has 0 aromatic heterocycles. The van der Waals surface area contributed by atoms with Crippen LogP contribution < -0.4 is 4.90 Å². The third-order valence-electron chi connectivity index (χ3n) is 11.0. The van der Waals surface area contributed by atoms with Crippen molar-refractivity contribution in [3.8, 4) is 22.3 Å². The number of nitrogens with zero attached hydrogens (tertiary/aromatic N) is 1. The third kappa shape index (κ3) is 4.27. The van der Waals surface area contributed by atoms with Crippen molar-refractivity contribution in [2.75, 3.05) is 4.90 Å². The summed E-state index contributed by atoms with van der Waals surface area (Å²) in [6, 6.07) is 65.1. The topological polar surface area (TPSA) is 3.24 Å². The summed E-state index contributed by atoms with van der Waals surface area (Å²) in [5, 5.41) is 10.00. The molecular formula is C49H35N. The summed E-state index contributed by atoms with van der Waals surface area (Å²) in [5.41, 5.74) is 11.2. The second-order valence-corrected chi connectivity index (χ2v) is 14.1. The zero-order valence-electron chi connectivity index (χ0n) is 28.2. The van der Waals surface area contributed by atoms with Gasteiger partial charge in [0.25, 0.3) is 0 Å². The number of rotatable bonds is 4. The molecule has 0 atom stereocenters. The number of hydrogen-bond acceptors (Lipinski definition) is 1. The molecule has 0 radical (unpaired) electrons. The Morgan fingerprint density at radius 2 is 0.940 bits per heavy atom. The standard InChI is InChI=1S/C49H35N/c1-49(2)44-31-37-18-6-5-17-36(37)30-43(44)42-23-12-24-46(48(42)49)50(38-27-25-32-13-3-4-16-35(32)29-38)45-28-26-34-15-8-10-21-40(34)47(45)41-22-11-19-33-14-7-9-20-39(33)41/h3-31H,1-2H3. The molecule has 236 valence electrons. The monoisotopic (exact) mass is 637 g/mol. The molecule has 0 amide bonds. The maximum atomic E-state index is 2.54. The third-order valence-corrected chi connectivity index (χ3v) is 11.0. The smallest absolute Gasteiger partial charge is 0.0546 e. The lowest BCUT2D eigenvalue weighted by atomic mass is 9.80. The summed E-state index contributed by atoms with van der Waals surface area (Å²) in [7, 11) is 0. The first-order valence-electron chi connectivity index (χ1n) is 17.5. The molecule has 0 N–H and O–H groups in total. The van der Waals surface area contributed by atoms with Gasteiger partial charge in [0.1, 0.15) is 0 Å². The highest BCUT2D eigenvalue weighted by molar-refractivity contribution is 6.12. The van der Waals surface area contributed by atoms with Crippen LogP contribution in [0, 0.1) is 0 Å². The van der Waals surface area contributed by atoms with E-state index in [9.17, 15) is 0 Å². The molecule has 0 bridgehead atoms. The van der Waals surface area contributed by atoms with Crippen molar-refractivity contribution < 1.29 is 0 Å². The lowest BCUT2D eigenvalue weighted by Gasteiger charge is -2.34. The summed E-state index contributed by atoms with van der Waals surface area (Å²) in [4.78, 5) is 2.54. The van der Waals surface area contributed by atoms with Crippen LogP contribution in [0.2, 0.25) is 0 Å². The minimum absolute atomic E-state index is 0.225. The maximum absolute atomic E-state index is 2.54. The van der Waals surface area contributed by atoms with Crippen LogP contribution in [0.3, 0.4) is 0 Å². The average molecular weight is 638 g/mol. The van der Waals surface area contributed by atoms with Gasteiger partial charge in [0.15, 0.2) is 0 Å². The zero-order valence-corrected chi connectivity index (χ0v) is 28.2. The Morgan fingerprint density at radius 3 is 1.72 bits per heavy atom. The zero-order chi connectivity index (χ0) is 33.4. The summed E-state index contributed by atoms with van der Waals surface area (Å²) in [6.45, 7) is 4.81. The second kappa shape index (κ2) is 10.9. The molecule has 50 heavy (non-hydrogen) atoms. The molecule has 0 fully saturated rings. The lowest BCUT2D eigenvalue weighted by molar-refractivity contribution is 0.661. The van der Waals surface area contributed by atoms with Gasteiger partial charge in [-0.15, -0.1) is 0 Å². The van der Waals surface area contributed by atoms with E-state index in [0.29, 0.717) is 0 Å². The Labute approximate surface area is 292 Å². The van der Waals surface area contributed by atoms with Crippen LogP contribution in [-0.2, 0) is 5.41 Å². The van der Waals surface area contributed by atoms with E-state index in [-0.39, 0.29) is 5.41 Å². The Morgan fingerprint density at radius 1 is 0.380 bits per heavy atom. The van der Waals surface area contributed by atoms with Gasteiger partial charge in [-0.2, -0.15) is 0 Å². The number of fused-ring (bicyclic) bond motifs is 7. The molecule has 9 aromatic rings. The molecule has 1 aliphatic rings. The van der Waals surface area contributed by atoms with Crippen molar-refractivity contribution in [1.29, 1.82) is 0 Å². The summed E-state index contributed by atoms with van der Waals surface area (Å²) in [6.07, 6.45) is 0.